The van der Waals surface area contributed by atoms with Crippen LogP contribution in [-0.2, 0) is 4.79 Å². The van der Waals surface area contributed by atoms with Crippen LogP contribution in [0.5, 0.6) is 0 Å². The fourth-order valence-corrected chi connectivity index (χ4v) is 0.413. The molecule has 0 bridgehead atoms. The number of carbonyl (C=O) groups excluding carboxylic acids is 1. The minimum Gasteiger partial charge on any atom is -0.273 e. The molecule has 0 unspecified atom stereocenters. The molecule has 0 heterocycles. The number of hydrogen-bond donors (Lipinski definition) is 0. The van der Waals surface area contributed by atoms with Crippen molar-refractivity contribution in [3.05, 3.63) is 12.3 Å². The van der Waals surface area contributed by atoms with Crippen molar-refractivity contribution in [2.45, 2.75) is 19.8 Å². The monoisotopic (exact) mass is 148 g/mol. The Bertz CT molecular complexity index is 145. The fourth-order valence-electron chi connectivity index (χ4n) is 0.413. The Balaban J connectivity index is 3.58. The standard InChI is InChI=1S/C6H8F2NO/c1-2-3-6(10)9-5(8)4-7/h4H,2-3H2,1H3/b5-4+. The van der Waals surface area contributed by atoms with Crippen LogP contribution in [0.3, 0.4) is 0 Å². The zero-order valence-electron chi connectivity index (χ0n) is 5.60. The van der Waals surface area contributed by atoms with Gasteiger partial charge in [-0.2, -0.15) is 9.71 Å². The summed E-state index contributed by atoms with van der Waals surface area (Å²) in [4.78, 5) is 10.4. The van der Waals surface area contributed by atoms with Gasteiger partial charge in [0, 0.05) is 6.42 Å². The molecule has 0 aliphatic rings. The van der Waals surface area contributed by atoms with Crippen LogP contribution in [0.4, 0.5) is 8.78 Å². The van der Waals surface area contributed by atoms with Crippen LogP contribution in [0.15, 0.2) is 12.3 Å². The molecule has 0 saturated heterocycles. The zero-order valence-corrected chi connectivity index (χ0v) is 5.60. The van der Waals surface area contributed by atoms with Gasteiger partial charge in [-0.05, 0) is 6.42 Å². The van der Waals surface area contributed by atoms with Gasteiger partial charge < -0.3 is 0 Å². The molecule has 0 aliphatic heterocycles. The normalized spacial score (nSPS) is 11.3. The van der Waals surface area contributed by atoms with Gasteiger partial charge in [0.25, 0.3) is 0 Å². The maximum absolute atomic E-state index is 11.8. The molecule has 0 N–H and O–H groups in total. The molecule has 10 heavy (non-hydrogen) atoms. The molecule has 1 radical (unpaired) electrons. The highest BCUT2D eigenvalue weighted by Gasteiger charge is 2.03. The molecule has 0 aliphatic carbocycles. The van der Waals surface area contributed by atoms with E-state index in [0.29, 0.717) is 6.42 Å². The second-order valence-electron chi connectivity index (χ2n) is 1.69. The third kappa shape index (κ3) is 4.00. The Kier molecular flexibility index (Phi) is 4.45. The summed E-state index contributed by atoms with van der Waals surface area (Å²) in [5.41, 5.74) is 0. The Hall–Kier alpha value is -0.930. The highest BCUT2D eigenvalue weighted by molar-refractivity contribution is 5.76. The molecule has 2 nitrogen and oxygen atoms in total. The first kappa shape index (κ1) is 9.07. The Labute approximate surface area is 57.9 Å². The summed E-state index contributed by atoms with van der Waals surface area (Å²) in [5, 5.41) is 2.77. The third-order valence-corrected chi connectivity index (χ3v) is 0.785. The van der Waals surface area contributed by atoms with Crippen molar-refractivity contribution in [3.63, 3.8) is 0 Å². The lowest BCUT2D eigenvalue weighted by Crippen LogP contribution is -2.11. The summed E-state index contributed by atoms with van der Waals surface area (Å²) in [6.45, 7) is 1.75. The van der Waals surface area contributed by atoms with Gasteiger partial charge in [-0.1, -0.05) is 6.92 Å². The molecule has 0 spiro atoms. The van der Waals surface area contributed by atoms with Gasteiger partial charge in [-0.3, -0.25) is 4.79 Å². The maximum atomic E-state index is 11.8. The fraction of sp³-hybridized carbons (Fsp3) is 0.500. The summed E-state index contributed by atoms with van der Waals surface area (Å²) in [5.74, 6) is -1.99. The average Bonchev–Trinajstić information content (AvgIpc) is 1.88. The lowest BCUT2D eigenvalue weighted by Gasteiger charge is -1.93. The molecule has 1 amide bonds. The minimum absolute atomic E-state index is 0.154. The highest BCUT2D eigenvalue weighted by atomic mass is 19.2. The van der Waals surface area contributed by atoms with Crippen LogP contribution in [0.2, 0.25) is 0 Å². The van der Waals surface area contributed by atoms with Gasteiger partial charge in [0.2, 0.25) is 11.9 Å². The number of rotatable bonds is 3. The first-order valence-corrected chi connectivity index (χ1v) is 2.91. The predicted octanol–water partition coefficient (Wildman–Crippen LogP) is 1.66. The lowest BCUT2D eigenvalue weighted by atomic mass is 10.3. The van der Waals surface area contributed by atoms with Crippen molar-refractivity contribution in [2.24, 2.45) is 0 Å². The van der Waals surface area contributed by atoms with Gasteiger partial charge in [0.05, 0.1) is 0 Å². The van der Waals surface area contributed by atoms with E-state index < -0.39 is 11.9 Å². The van der Waals surface area contributed by atoms with E-state index in [9.17, 15) is 13.6 Å². The van der Waals surface area contributed by atoms with E-state index in [1.807, 2.05) is 0 Å². The smallest absolute Gasteiger partial charge is 0.248 e. The molecule has 0 fully saturated rings. The average molecular weight is 148 g/mol. The van der Waals surface area contributed by atoms with Crippen molar-refractivity contribution in [1.82, 2.24) is 5.32 Å². The van der Waals surface area contributed by atoms with E-state index in [4.69, 9.17) is 0 Å². The summed E-state index contributed by atoms with van der Waals surface area (Å²) in [6, 6.07) is 0. The van der Waals surface area contributed by atoms with E-state index in [0.717, 1.165) is 0 Å². The zero-order chi connectivity index (χ0) is 7.98. The third-order valence-electron chi connectivity index (χ3n) is 0.785. The van der Waals surface area contributed by atoms with E-state index in [1.165, 1.54) is 0 Å². The molecule has 4 heteroatoms. The van der Waals surface area contributed by atoms with Gasteiger partial charge in [0.15, 0.2) is 0 Å². The van der Waals surface area contributed by atoms with Crippen molar-refractivity contribution in [2.75, 3.05) is 0 Å². The van der Waals surface area contributed by atoms with Crippen molar-refractivity contribution < 1.29 is 13.6 Å². The number of carbonyl (C=O) groups is 1. The van der Waals surface area contributed by atoms with E-state index in [1.54, 1.807) is 6.92 Å². The largest absolute Gasteiger partial charge is 0.273 e. The molecule has 0 atom stereocenters. The summed E-state index contributed by atoms with van der Waals surface area (Å²) >= 11 is 0. The van der Waals surface area contributed by atoms with E-state index in [2.05, 4.69) is 5.32 Å². The number of nitrogens with zero attached hydrogens (tertiary/aromatic N) is 1. The van der Waals surface area contributed by atoms with Crippen LogP contribution in [0, 0.1) is 0 Å². The van der Waals surface area contributed by atoms with Gasteiger partial charge >= 0.3 is 0 Å². The van der Waals surface area contributed by atoms with Crippen LogP contribution in [-0.4, -0.2) is 5.91 Å². The van der Waals surface area contributed by atoms with E-state index in [-0.39, 0.29) is 12.8 Å². The van der Waals surface area contributed by atoms with Crippen LogP contribution in [0.1, 0.15) is 19.8 Å². The summed E-state index contributed by atoms with van der Waals surface area (Å²) < 4.78 is 23.0. The van der Waals surface area contributed by atoms with Gasteiger partial charge in [-0.15, -0.1) is 0 Å². The van der Waals surface area contributed by atoms with Crippen molar-refractivity contribution >= 4 is 5.91 Å². The van der Waals surface area contributed by atoms with Crippen molar-refractivity contribution in [3.8, 4) is 0 Å². The van der Waals surface area contributed by atoms with Gasteiger partial charge in [-0.25, -0.2) is 4.39 Å². The van der Waals surface area contributed by atoms with Crippen LogP contribution < -0.4 is 5.32 Å². The second kappa shape index (κ2) is 4.90. The van der Waals surface area contributed by atoms with Crippen LogP contribution in [0.25, 0.3) is 0 Å². The Morgan fingerprint density at radius 2 is 2.30 bits per heavy atom. The molecule has 0 saturated carbocycles. The maximum Gasteiger partial charge on any atom is 0.248 e. The Morgan fingerprint density at radius 3 is 2.70 bits per heavy atom. The summed E-state index contributed by atoms with van der Waals surface area (Å²) in [6.07, 6.45) is 0.400. The number of amides is 1. The SMILES string of the molecule is CCCC(=O)[N]/C(F)=C/F. The first-order valence-electron chi connectivity index (χ1n) is 2.91. The quantitative estimate of drug-likeness (QED) is 0.560. The lowest BCUT2D eigenvalue weighted by molar-refractivity contribution is -0.121. The predicted molar refractivity (Wildman–Crippen MR) is 32.3 cm³/mol. The molecule has 57 valence electrons. The van der Waals surface area contributed by atoms with Crippen molar-refractivity contribution in [1.29, 1.82) is 0 Å². The Morgan fingerprint density at radius 1 is 1.70 bits per heavy atom. The molecule has 0 aromatic rings. The first-order chi connectivity index (χ1) is 4.70. The molecule has 0 rings (SSSR count). The molecule has 0 aromatic carbocycles. The highest BCUT2D eigenvalue weighted by Crippen LogP contribution is 1.96. The molecular formula is C6H8F2NO. The van der Waals surface area contributed by atoms with Gasteiger partial charge in [0.1, 0.15) is 6.33 Å². The van der Waals surface area contributed by atoms with Crippen LogP contribution >= 0.6 is 0 Å². The van der Waals surface area contributed by atoms with E-state index >= 15 is 0 Å². The number of hydrogen-bond acceptors (Lipinski definition) is 1. The minimum atomic E-state index is -1.36. The summed E-state index contributed by atoms with van der Waals surface area (Å²) in [7, 11) is 0. The topological polar surface area (TPSA) is 31.2 Å². The number of halogens is 2. The molecule has 0 aromatic heterocycles. The molecular weight excluding hydrogens is 140 g/mol. The second-order valence-corrected chi connectivity index (χ2v) is 1.69.